The molecule has 0 aliphatic carbocycles. The van der Waals surface area contributed by atoms with E-state index in [2.05, 4.69) is 10.2 Å². The molecule has 4 rings (SSSR count). The first-order chi connectivity index (χ1) is 13.6. The number of nitrogens with zero attached hydrogens (tertiary/aromatic N) is 4. The maximum Gasteiger partial charge on any atom is 0.295 e. The zero-order chi connectivity index (χ0) is 19.5. The van der Waals surface area contributed by atoms with E-state index in [4.69, 9.17) is 16.3 Å². The molecule has 1 unspecified atom stereocenters. The van der Waals surface area contributed by atoms with Crippen LogP contribution in [-0.2, 0) is 6.54 Å². The lowest BCUT2D eigenvalue weighted by Crippen LogP contribution is -2.31. The summed E-state index contributed by atoms with van der Waals surface area (Å²) in [5.74, 6) is 0.584. The summed E-state index contributed by atoms with van der Waals surface area (Å²) in [6, 6.07) is 16.3. The van der Waals surface area contributed by atoms with Gasteiger partial charge >= 0.3 is 0 Å². The van der Waals surface area contributed by atoms with Crippen LogP contribution >= 0.6 is 11.6 Å². The lowest BCUT2D eigenvalue weighted by molar-refractivity contribution is 0.0881. The number of ether oxygens (including phenoxy) is 1. The molecule has 0 saturated carbocycles. The first-order valence-corrected chi connectivity index (χ1v) is 9.05. The minimum absolute atomic E-state index is 0.000556. The molecule has 8 heteroatoms. The van der Waals surface area contributed by atoms with Crippen LogP contribution < -0.4 is 10.3 Å². The van der Waals surface area contributed by atoms with Gasteiger partial charge in [-0.05, 0) is 36.4 Å². The first kappa shape index (κ1) is 18.2. The summed E-state index contributed by atoms with van der Waals surface area (Å²) >= 11 is 5.83. The van der Waals surface area contributed by atoms with Gasteiger partial charge in [-0.25, -0.2) is 9.36 Å². The Morgan fingerprint density at radius 1 is 1.11 bits per heavy atom. The number of benzene rings is 2. The van der Waals surface area contributed by atoms with Gasteiger partial charge < -0.3 is 9.84 Å². The van der Waals surface area contributed by atoms with Gasteiger partial charge in [-0.1, -0.05) is 29.8 Å². The molecule has 4 aromatic rings. The second-order valence-electron chi connectivity index (χ2n) is 6.26. The third kappa shape index (κ3) is 3.90. The van der Waals surface area contributed by atoms with E-state index in [9.17, 15) is 9.90 Å². The Labute approximate surface area is 165 Å². The van der Waals surface area contributed by atoms with E-state index >= 15 is 0 Å². The topological polar surface area (TPSA) is 82.2 Å². The van der Waals surface area contributed by atoms with Crippen molar-refractivity contribution >= 4 is 22.5 Å². The van der Waals surface area contributed by atoms with Gasteiger partial charge in [-0.15, -0.1) is 0 Å². The zero-order valence-electron chi connectivity index (χ0n) is 14.8. The number of aromatic nitrogens is 4. The molecule has 2 heterocycles. The number of aliphatic hydroxyl groups excluding tert-OH is 1. The molecule has 0 radical (unpaired) electrons. The van der Waals surface area contributed by atoms with Gasteiger partial charge in [0.1, 0.15) is 18.5 Å². The van der Waals surface area contributed by atoms with Crippen LogP contribution in [0.3, 0.4) is 0 Å². The predicted molar refractivity (Wildman–Crippen MR) is 106 cm³/mol. The van der Waals surface area contributed by atoms with Gasteiger partial charge in [-0.3, -0.25) is 4.79 Å². The van der Waals surface area contributed by atoms with Crippen molar-refractivity contribution in [1.82, 2.24) is 19.6 Å². The second-order valence-corrected chi connectivity index (χ2v) is 6.70. The van der Waals surface area contributed by atoms with E-state index in [1.807, 2.05) is 30.3 Å². The standard InChI is InChI=1S/C20H17ClN4O3/c21-15-6-8-18(9-7-15)28-13-17(26)12-25-20(27)19-14(10-22-25)11-24(23-19)16-4-2-1-3-5-16/h1-11,17,26H,12-13H2. The summed E-state index contributed by atoms with van der Waals surface area (Å²) in [5.41, 5.74) is 0.781. The molecule has 142 valence electrons. The number of halogens is 1. The van der Waals surface area contributed by atoms with Gasteiger partial charge in [0.25, 0.3) is 5.56 Å². The van der Waals surface area contributed by atoms with Crippen LogP contribution in [0.15, 0.2) is 71.8 Å². The first-order valence-electron chi connectivity index (χ1n) is 8.67. The largest absolute Gasteiger partial charge is 0.491 e. The molecule has 28 heavy (non-hydrogen) atoms. The van der Waals surface area contributed by atoms with Gasteiger partial charge in [0.15, 0.2) is 5.52 Å². The minimum Gasteiger partial charge on any atom is -0.491 e. The molecular formula is C20H17ClN4O3. The summed E-state index contributed by atoms with van der Waals surface area (Å²) in [5, 5.41) is 20.0. The summed E-state index contributed by atoms with van der Waals surface area (Å²) in [4.78, 5) is 12.7. The summed E-state index contributed by atoms with van der Waals surface area (Å²) < 4.78 is 8.34. The SMILES string of the molecule is O=c1c2nn(-c3ccccc3)cc2cnn1CC(O)COc1ccc(Cl)cc1. The highest BCUT2D eigenvalue weighted by Gasteiger charge is 2.13. The molecule has 0 aliphatic rings. The lowest BCUT2D eigenvalue weighted by Gasteiger charge is -2.13. The van der Waals surface area contributed by atoms with Gasteiger partial charge in [0.2, 0.25) is 0 Å². The minimum atomic E-state index is -0.908. The monoisotopic (exact) mass is 396 g/mol. The number of hydrogen-bond acceptors (Lipinski definition) is 5. The van der Waals surface area contributed by atoms with Crippen molar-refractivity contribution < 1.29 is 9.84 Å². The molecule has 0 aliphatic heterocycles. The van der Waals surface area contributed by atoms with Crippen LogP contribution in [0.5, 0.6) is 5.75 Å². The van der Waals surface area contributed by atoms with Gasteiger partial charge in [0.05, 0.1) is 18.4 Å². The average molecular weight is 397 g/mol. The summed E-state index contributed by atoms with van der Waals surface area (Å²) in [7, 11) is 0. The van der Waals surface area contributed by atoms with Crippen molar-refractivity contribution in [3.63, 3.8) is 0 Å². The number of aliphatic hydroxyl groups is 1. The normalized spacial score (nSPS) is 12.2. The molecule has 0 spiro atoms. The Hall–Kier alpha value is -3.16. The zero-order valence-corrected chi connectivity index (χ0v) is 15.5. The molecule has 0 fully saturated rings. The molecule has 0 saturated heterocycles. The van der Waals surface area contributed by atoms with Crippen molar-refractivity contribution in [2.75, 3.05) is 6.61 Å². The molecule has 0 bridgehead atoms. The Kier molecular flexibility index (Phi) is 5.10. The Morgan fingerprint density at radius 3 is 2.61 bits per heavy atom. The van der Waals surface area contributed by atoms with Crippen LogP contribution in [-0.4, -0.2) is 37.4 Å². The second kappa shape index (κ2) is 7.84. The van der Waals surface area contributed by atoms with E-state index in [-0.39, 0.29) is 18.7 Å². The van der Waals surface area contributed by atoms with Crippen molar-refractivity contribution in [2.45, 2.75) is 12.6 Å². The Morgan fingerprint density at radius 2 is 1.86 bits per heavy atom. The highest BCUT2D eigenvalue weighted by Crippen LogP contribution is 2.16. The van der Waals surface area contributed by atoms with E-state index in [1.165, 1.54) is 4.68 Å². The fraction of sp³-hybridized carbons (Fsp3) is 0.150. The molecule has 2 aromatic carbocycles. The van der Waals surface area contributed by atoms with Crippen molar-refractivity contribution in [3.8, 4) is 11.4 Å². The number of hydrogen-bond donors (Lipinski definition) is 1. The van der Waals surface area contributed by atoms with Crippen LogP contribution in [0, 0.1) is 0 Å². The van der Waals surface area contributed by atoms with E-state index in [0.29, 0.717) is 21.7 Å². The predicted octanol–water partition coefficient (Wildman–Crippen LogP) is 2.68. The smallest absolute Gasteiger partial charge is 0.295 e. The summed E-state index contributed by atoms with van der Waals surface area (Å²) in [6.07, 6.45) is 2.41. The van der Waals surface area contributed by atoms with Crippen molar-refractivity contribution in [1.29, 1.82) is 0 Å². The van der Waals surface area contributed by atoms with Crippen LogP contribution in [0.25, 0.3) is 16.6 Å². The molecule has 0 amide bonds. The third-order valence-electron chi connectivity index (χ3n) is 4.18. The number of rotatable bonds is 6. The third-order valence-corrected chi connectivity index (χ3v) is 4.43. The maximum absolute atomic E-state index is 12.7. The molecule has 7 nitrogen and oxygen atoms in total. The maximum atomic E-state index is 12.7. The van der Waals surface area contributed by atoms with Gasteiger partial charge in [0, 0.05) is 16.6 Å². The van der Waals surface area contributed by atoms with Crippen LogP contribution in [0.1, 0.15) is 0 Å². The van der Waals surface area contributed by atoms with E-state index < -0.39 is 6.10 Å². The Balaban J connectivity index is 1.50. The van der Waals surface area contributed by atoms with Crippen molar-refractivity contribution in [2.24, 2.45) is 0 Å². The van der Waals surface area contributed by atoms with Crippen molar-refractivity contribution in [3.05, 3.63) is 82.4 Å². The summed E-state index contributed by atoms with van der Waals surface area (Å²) in [6.45, 7) is 0.0206. The lowest BCUT2D eigenvalue weighted by atomic mass is 10.3. The van der Waals surface area contributed by atoms with Crippen LogP contribution in [0.2, 0.25) is 5.02 Å². The number of para-hydroxylation sites is 1. The van der Waals surface area contributed by atoms with E-state index in [1.54, 1.807) is 41.3 Å². The highest BCUT2D eigenvalue weighted by molar-refractivity contribution is 6.30. The van der Waals surface area contributed by atoms with E-state index in [0.717, 1.165) is 5.69 Å². The fourth-order valence-corrected chi connectivity index (χ4v) is 2.90. The molecule has 2 aromatic heterocycles. The Bertz CT molecular complexity index is 1140. The molecule has 1 N–H and O–H groups in total. The average Bonchev–Trinajstić information content (AvgIpc) is 3.16. The quantitative estimate of drug-likeness (QED) is 0.542. The molecule has 1 atom stereocenters. The number of fused-ring (bicyclic) bond motifs is 1. The van der Waals surface area contributed by atoms with Crippen LogP contribution in [0.4, 0.5) is 0 Å². The van der Waals surface area contributed by atoms with Gasteiger partial charge in [-0.2, -0.15) is 10.2 Å². The highest BCUT2D eigenvalue weighted by atomic mass is 35.5. The fourth-order valence-electron chi connectivity index (χ4n) is 2.77. The molecular weight excluding hydrogens is 380 g/mol.